The molecule has 0 aliphatic carbocycles. The van der Waals surface area contributed by atoms with Crippen molar-refractivity contribution in [2.24, 2.45) is 0 Å². The van der Waals surface area contributed by atoms with E-state index in [4.69, 9.17) is 9.84 Å². The number of carboxylic acids is 1. The Kier molecular flexibility index (Phi) is 4.25. The van der Waals surface area contributed by atoms with Crippen molar-refractivity contribution < 1.29 is 23.1 Å². The summed E-state index contributed by atoms with van der Waals surface area (Å²) in [6, 6.07) is 7.79. The van der Waals surface area contributed by atoms with Crippen molar-refractivity contribution in [1.29, 1.82) is 0 Å². The molecule has 3 rings (SSSR count). The molecule has 0 saturated heterocycles. The van der Waals surface area contributed by atoms with Crippen molar-refractivity contribution in [2.75, 3.05) is 6.61 Å². The lowest BCUT2D eigenvalue weighted by Gasteiger charge is -2.27. The van der Waals surface area contributed by atoms with E-state index in [9.17, 15) is 13.2 Å². The quantitative estimate of drug-likeness (QED) is 0.864. The molecule has 1 aromatic heterocycles. The molecule has 8 heteroatoms. The fourth-order valence-corrected chi connectivity index (χ4v) is 4.06. The van der Waals surface area contributed by atoms with Crippen LogP contribution in [0.25, 0.3) is 0 Å². The van der Waals surface area contributed by atoms with Crippen LogP contribution < -0.4 is 9.46 Å². The van der Waals surface area contributed by atoms with Gasteiger partial charge in [-0.2, -0.15) is 0 Å². The number of hydrogen-bond donors (Lipinski definition) is 2. The second-order valence-corrected chi connectivity index (χ2v) is 7.22. The van der Waals surface area contributed by atoms with Crippen LogP contribution in [0, 0.1) is 6.92 Å². The van der Waals surface area contributed by atoms with E-state index >= 15 is 0 Å². The van der Waals surface area contributed by atoms with Gasteiger partial charge in [0.15, 0.2) is 5.69 Å². The summed E-state index contributed by atoms with van der Waals surface area (Å²) in [5, 5.41) is 9.12. The summed E-state index contributed by atoms with van der Waals surface area (Å²) in [5.41, 5.74) is 1.46. The van der Waals surface area contributed by atoms with Gasteiger partial charge in [-0.25, -0.2) is 22.9 Å². The molecule has 126 valence electrons. The Labute approximate surface area is 139 Å². The molecule has 1 aromatic carbocycles. The zero-order chi connectivity index (χ0) is 17.3. The molecule has 2 N–H and O–H groups in total. The molecule has 0 spiro atoms. The Hall–Kier alpha value is -2.45. The summed E-state index contributed by atoms with van der Waals surface area (Å²) in [6.07, 6.45) is 1.72. The van der Waals surface area contributed by atoms with Crippen molar-refractivity contribution in [2.45, 2.75) is 24.3 Å². The van der Waals surface area contributed by atoms with Gasteiger partial charge in [0.25, 0.3) is 0 Å². The summed E-state index contributed by atoms with van der Waals surface area (Å²) in [7, 11) is -4.02. The first-order valence-electron chi connectivity index (χ1n) is 7.30. The van der Waals surface area contributed by atoms with Crippen molar-refractivity contribution in [3.05, 3.63) is 53.3 Å². The van der Waals surface area contributed by atoms with Crippen molar-refractivity contribution in [3.8, 4) is 5.75 Å². The highest BCUT2D eigenvalue weighted by Gasteiger charge is 2.29. The van der Waals surface area contributed by atoms with Crippen molar-refractivity contribution >= 4 is 16.0 Å². The molecular weight excluding hydrogens is 332 g/mol. The number of sulfonamides is 1. The van der Waals surface area contributed by atoms with Gasteiger partial charge in [0.05, 0.1) is 6.04 Å². The third-order valence-corrected chi connectivity index (χ3v) is 5.39. The first-order chi connectivity index (χ1) is 11.4. The second-order valence-electron chi connectivity index (χ2n) is 5.54. The topological polar surface area (TPSA) is 106 Å². The number of carboxylic acid groups (broad SMARTS) is 1. The number of rotatable bonds is 4. The molecule has 2 heterocycles. The van der Waals surface area contributed by atoms with Crippen molar-refractivity contribution in [1.82, 2.24) is 9.71 Å². The minimum Gasteiger partial charge on any atom is -0.492 e. The van der Waals surface area contributed by atoms with E-state index in [-0.39, 0.29) is 11.5 Å². The molecule has 24 heavy (non-hydrogen) atoms. The molecule has 0 saturated carbocycles. The van der Waals surface area contributed by atoms with Crippen LogP contribution in [0.5, 0.6) is 5.75 Å². The second kappa shape index (κ2) is 6.21. The number of aryl methyl sites for hydroxylation is 1. The van der Waals surface area contributed by atoms with E-state index in [0.29, 0.717) is 6.42 Å². The zero-order valence-electron chi connectivity index (χ0n) is 12.9. The normalized spacial score (nSPS) is 17.0. The van der Waals surface area contributed by atoms with E-state index in [0.717, 1.165) is 16.9 Å². The average molecular weight is 348 g/mol. The molecule has 1 atom stereocenters. The Morgan fingerprint density at radius 2 is 2.12 bits per heavy atom. The standard InChI is InChI=1S/C16H16N2O5S/c1-10-4-2-5-13-12(10)8-11(9-23-13)18-24(21,22)14-6-3-7-17-15(14)16(19)20/h2-7,11,18H,8-9H2,1H3,(H,19,20). The van der Waals surface area contributed by atoms with Gasteiger partial charge in [-0.3, -0.25) is 0 Å². The third-order valence-electron chi connectivity index (χ3n) is 3.84. The SMILES string of the molecule is Cc1cccc2c1CC(NS(=O)(=O)c1cccnc1C(=O)O)CO2. The number of fused-ring (bicyclic) bond motifs is 1. The molecule has 0 amide bonds. The maximum atomic E-state index is 12.6. The predicted molar refractivity (Wildman–Crippen MR) is 85.7 cm³/mol. The molecule has 0 radical (unpaired) electrons. The van der Waals surface area contributed by atoms with Crippen LogP contribution in [0.15, 0.2) is 41.4 Å². The lowest BCUT2D eigenvalue weighted by Crippen LogP contribution is -2.43. The van der Waals surface area contributed by atoms with E-state index in [1.807, 2.05) is 25.1 Å². The minimum absolute atomic E-state index is 0.179. The molecule has 0 fully saturated rings. The number of aromatic nitrogens is 1. The van der Waals surface area contributed by atoms with Gasteiger partial charge in [0.2, 0.25) is 10.0 Å². The first kappa shape index (κ1) is 16.4. The number of carbonyl (C=O) groups is 1. The number of nitrogens with zero attached hydrogens (tertiary/aromatic N) is 1. The number of pyridine rings is 1. The summed E-state index contributed by atoms with van der Waals surface area (Å²) in [6.45, 7) is 2.11. The molecule has 2 aromatic rings. The van der Waals surface area contributed by atoms with Crippen LogP contribution in [-0.4, -0.2) is 37.1 Å². The highest BCUT2D eigenvalue weighted by atomic mass is 32.2. The average Bonchev–Trinajstić information content (AvgIpc) is 2.55. The monoisotopic (exact) mass is 348 g/mol. The summed E-state index contributed by atoms with van der Waals surface area (Å²) in [5.74, 6) is -0.643. The van der Waals surface area contributed by atoms with Crippen LogP contribution in [0.2, 0.25) is 0 Å². The zero-order valence-corrected chi connectivity index (χ0v) is 13.7. The van der Waals surface area contributed by atoms with Crippen molar-refractivity contribution in [3.63, 3.8) is 0 Å². The molecule has 1 aliphatic heterocycles. The number of nitrogens with one attached hydrogen (secondary N) is 1. The van der Waals surface area contributed by atoms with E-state index < -0.39 is 27.7 Å². The van der Waals surface area contributed by atoms with Gasteiger partial charge >= 0.3 is 5.97 Å². The van der Waals surface area contributed by atoms with Crippen LogP contribution in [0.3, 0.4) is 0 Å². The maximum Gasteiger partial charge on any atom is 0.355 e. The Balaban J connectivity index is 1.87. The van der Waals surface area contributed by atoms with E-state index in [1.54, 1.807) is 0 Å². The maximum absolute atomic E-state index is 12.6. The molecular formula is C16H16N2O5S. The fourth-order valence-electron chi connectivity index (χ4n) is 2.69. The fraction of sp³-hybridized carbons (Fsp3) is 0.250. The number of benzene rings is 1. The Bertz CT molecular complexity index is 895. The predicted octanol–water partition coefficient (Wildman–Crippen LogP) is 1.37. The number of ether oxygens (including phenoxy) is 1. The largest absolute Gasteiger partial charge is 0.492 e. The smallest absolute Gasteiger partial charge is 0.355 e. The highest BCUT2D eigenvalue weighted by Crippen LogP contribution is 2.28. The number of aromatic carboxylic acids is 1. The van der Waals surface area contributed by atoms with Gasteiger partial charge in [0.1, 0.15) is 17.3 Å². The van der Waals surface area contributed by atoms with E-state index in [2.05, 4.69) is 9.71 Å². The van der Waals surface area contributed by atoms with Gasteiger partial charge in [-0.1, -0.05) is 12.1 Å². The molecule has 0 bridgehead atoms. The number of hydrogen-bond acceptors (Lipinski definition) is 5. The molecule has 1 aliphatic rings. The third kappa shape index (κ3) is 3.10. The van der Waals surface area contributed by atoms with Gasteiger partial charge in [-0.05, 0) is 42.7 Å². The lowest BCUT2D eigenvalue weighted by atomic mass is 9.99. The molecule has 1 unspecified atom stereocenters. The Morgan fingerprint density at radius 3 is 2.88 bits per heavy atom. The van der Waals surface area contributed by atoms with Crippen LogP contribution in [-0.2, 0) is 16.4 Å². The highest BCUT2D eigenvalue weighted by molar-refractivity contribution is 7.89. The summed E-state index contributed by atoms with van der Waals surface area (Å²) >= 11 is 0. The van der Waals surface area contributed by atoms with Gasteiger partial charge in [-0.15, -0.1) is 0 Å². The van der Waals surface area contributed by atoms with Crippen LogP contribution in [0.4, 0.5) is 0 Å². The van der Waals surface area contributed by atoms with Gasteiger partial charge < -0.3 is 9.84 Å². The Morgan fingerprint density at radius 1 is 1.33 bits per heavy atom. The molecule has 7 nitrogen and oxygen atoms in total. The lowest BCUT2D eigenvalue weighted by molar-refractivity contribution is 0.0685. The van der Waals surface area contributed by atoms with E-state index in [1.165, 1.54) is 18.3 Å². The van der Waals surface area contributed by atoms with Gasteiger partial charge in [0, 0.05) is 6.20 Å². The first-order valence-corrected chi connectivity index (χ1v) is 8.79. The summed E-state index contributed by atoms with van der Waals surface area (Å²) in [4.78, 5) is 14.5. The summed E-state index contributed by atoms with van der Waals surface area (Å²) < 4.78 is 33.2. The van der Waals surface area contributed by atoms with Crippen LogP contribution in [0.1, 0.15) is 21.6 Å². The van der Waals surface area contributed by atoms with Crippen LogP contribution >= 0.6 is 0 Å². The minimum atomic E-state index is -4.02.